The standard InChI is InChI=1S/C20H31N5O2/c1-3-6-18(26)25-17-8-5-7-15(13-17)14-24-20(21-4-2)23-12-11-22-19(27)16-9-10-16/h5,7-8,13,16H,3-4,6,9-12,14H2,1-2H3,(H,22,27)(H,25,26)(H2,21,23,24). The number of guanidine groups is 1. The molecule has 0 unspecified atom stereocenters. The number of aliphatic imine (C=N–C) groups is 1. The molecule has 1 aliphatic rings. The second kappa shape index (κ2) is 11.2. The molecule has 7 heteroatoms. The van der Waals surface area contributed by atoms with Crippen molar-refractivity contribution in [3.63, 3.8) is 0 Å². The quantitative estimate of drug-likeness (QED) is 0.287. The summed E-state index contributed by atoms with van der Waals surface area (Å²) in [6.45, 7) is 6.46. The number of amides is 2. The van der Waals surface area contributed by atoms with Crippen molar-refractivity contribution < 1.29 is 9.59 Å². The summed E-state index contributed by atoms with van der Waals surface area (Å²) in [5, 5.41) is 12.3. The maximum Gasteiger partial charge on any atom is 0.224 e. The largest absolute Gasteiger partial charge is 0.357 e. The van der Waals surface area contributed by atoms with Crippen LogP contribution in [0.2, 0.25) is 0 Å². The average Bonchev–Trinajstić information content (AvgIpc) is 3.48. The van der Waals surface area contributed by atoms with Crippen molar-refractivity contribution in [1.82, 2.24) is 16.0 Å². The highest BCUT2D eigenvalue weighted by molar-refractivity contribution is 5.90. The van der Waals surface area contributed by atoms with Gasteiger partial charge in [0.05, 0.1) is 6.54 Å². The van der Waals surface area contributed by atoms with Crippen molar-refractivity contribution in [2.45, 2.75) is 46.1 Å². The van der Waals surface area contributed by atoms with E-state index in [0.717, 1.165) is 37.1 Å². The van der Waals surface area contributed by atoms with E-state index in [-0.39, 0.29) is 17.7 Å². The summed E-state index contributed by atoms with van der Waals surface area (Å²) >= 11 is 0. The second-order valence-electron chi connectivity index (χ2n) is 6.69. The molecule has 7 nitrogen and oxygen atoms in total. The molecule has 2 amide bonds. The number of hydrogen-bond acceptors (Lipinski definition) is 3. The van der Waals surface area contributed by atoms with Gasteiger partial charge in [0.1, 0.15) is 0 Å². The van der Waals surface area contributed by atoms with Gasteiger partial charge >= 0.3 is 0 Å². The van der Waals surface area contributed by atoms with Crippen LogP contribution in [0, 0.1) is 5.92 Å². The maximum absolute atomic E-state index is 11.7. The fraction of sp³-hybridized carbons (Fsp3) is 0.550. The van der Waals surface area contributed by atoms with Gasteiger partial charge in [0, 0.05) is 37.7 Å². The van der Waals surface area contributed by atoms with E-state index in [1.165, 1.54) is 0 Å². The summed E-state index contributed by atoms with van der Waals surface area (Å²) in [6, 6.07) is 7.72. The van der Waals surface area contributed by atoms with Crippen molar-refractivity contribution >= 4 is 23.5 Å². The van der Waals surface area contributed by atoms with Crippen molar-refractivity contribution in [3.05, 3.63) is 29.8 Å². The predicted molar refractivity (Wildman–Crippen MR) is 109 cm³/mol. The predicted octanol–water partition coefficient (Wildman–Crippen LogP) is 2.01. The Morgan fingerprint density at radius 2 is 1.89 bits per heavy atom. The van der Waals surface area contributed by atoms with Crippen LogP contribution < -0.4 is 21.3 Å². The molecule has 1 saturated carbocycles. The molecular formula is C20H31N5O2. The highest BCUT2D eigenvalue weighted by Crippen LogP contribution is 2.28. The average molecular weight is 374 g/mol. The molecule has 0 heterocycles. The number of carbonyl (C=O) groups is 2. The van der Waals surface area contributed by atoms with E-state index in [9.17, 15) is 9.59 Å². The van der Waals surface area contributed by atoms with Gasteiger partial charge < -0.3 is 21.3 Å². The first-order chi connectivity index (χ1) is 13.1. The first-order valence-corrected chi connectivity index (χ1v) is 9.81. The lowest BCUT2D eigenvalue weighted by Gasteiger charge is -2.12. The Kier molecular flexibility index (Phi) is 8.61. The van der Waals surface area contributed by atoms with Crippen LogP contribution in [-0.4, -0.2) is 37.4 Å². The van der Waals surface area contributed by atoms with Crippen LogP contribution in [0.3, 0.4) is 0 Å². The van der Waals surface area contributed by atoms with Gasteiger partial charge in [0.25, 0.3) is 0 Å². The molecule has 0 bridgehead atoms. The third kappa shape index (κ3) is 8.11. The molecule has 2 rings (SSSR count). The van der Waals surface area contributed by atoms with Crippen LogP contribution in [0.4, 0.5) is 5.69 Å². The molecule has 0 radical (unpaired) electrons. The third-order valence-electron chi connectivity index (χ3n) is 4.12. The summed E-state index contributed by atoms with van der Waals surface area (Å²) < 4.78 is 0. The number of nitrogens with zero attached hydrogens (tertiary/aromatic N) is 1. The molecule has 148 valence electrons. The van der Waals surface area contributed by atoms with E-state index >= 15 is 0 Å². The van der Waals surface area contributed by atoms with E-state index in [4.69, 9.17) is 0 Å². The second-order valence-corrected chi connectivity index (χ2v) is 6.69. The monoisotopic (exact) mass is 373 g/mol. The van der Waals surface area contributed by atoms with Crippen molar-refractivity contribution in [3.8, 4) is 0 Å². The van der Waals surface area contributed by atoms with Crippen LogP contribution in [-0.2, 0) is 16.1 Å². The molecule has 0 aromatic heterocycles. The fourth-order valence-electron chi connectivity index (χ4n) is 2.57. The van der Waals surface area contributed by atoms with Gasteiger partial charge in [-0.25, -0.2) is 4.99 Å². The molecule has 0 aliphatic heterocycles. The smallest absolute Gasteiger partial charge is 0.224 e. The molecule has 1 aliphatic carbocycles. The Morgan fingerprint density at radius 1 is 1.11 bits per heavy atom. The lowest BCUT2D eigenvalue weighted by molar-refractivity contribution is -0.122. The number of hydrogen-bond donors (Lipinski definition) is 4. The molecule has 0 saturated heterocycles. The van der Waals surface area contributed by atoms with E-state index < -0.39 is 0 Å². The number of anilines is 1. The first-order valence-electron chi connectivity index (χ1n) is 9.81. The summed E-state index contributed by atoms with van der Waals surface area (Å²) in [5.41, 5.74) is 1.81. The van der Waals surface area contributed by atoms with Crippen molar-refractivity contribution in [1.29, 1.82) is 0 Å². The molecule has 1 aromatic carbocycles. The Morgan fingerprint density at radius 3 is 2.59 bits per heavy atom. The van der Waals surface area contributed by atoms with Gasteiger partial charge in [-0.1, -0.05) is 19.1 Å². The van der Waals surface area contributed by atoms with Gasteiger partial charge in [-0.15, -0.1) is 0 Å². The Bertz CT molecular complexity index is 656. The molecule has 1 fully saturated rings. The molecule has 1 aromatic rings. The van der Waals surface area contributed by atoms with Gasteiger partial charge in [-0.2, -0.15) is 0 Å². The summed E-state index contributed by atoms with van der Waals surface area (Å²) in [7, 11) is 0. The van der Waals surface area contributed by atoms with Gasteiger partial charge in [0.15, 0.2) is 5.96 Å². The van der Waals surface area contributed by atoms with Crippen LogP contribution in [0.15, 0.2) is 29.3 Å². The summed E-state index contributed by atoms with van der Waals surface area (Å²) in [6.07, 6.45) is 3.38. The van der Waals surface area contributed by atoms with Crippen LogP contribution >= 0.6 is 0 Å². The van der Waals surface area contributed by atoms with E-state index in [1.54, 1.807) is 0 Å². The molecular weight excluding hydrogens is 342 g/mol. The highest BCUT2D eigenvalue weighted by atomic mass is 16.2. The van der Waals surface area contributed by atoms with Crippen LogP contribution in [0.25, 0.3) is 0 Å². The maximum atomic E-state index is 11.7. The fourth-order valence-corrected chi connectivity index (χ4v) is 2.57. The number of carbonyl (C=O) groups excluding carboxylic acids is 2. The minimum absolute atomic E-state index is 0.0291. The molecule has 4 N–H and O–H groups in total. The SMILES string of the molecule is CCCC(=O)Nc1cccc(CN=C(NCC)NCCNC(=O)C2CC2)c1. The minimum atomic E-state index is 0.0291. The van der Waals surface area contributed by atoms with Crippen molar-refractivity contribution in [2.24, 2.45) is 10.9 Å². The Balaban J connectivity index is 1.81. The molecule has 0 spiro atoms. The molecule has 27 heavy (non-hydrogen) atoms. The van der Waals surface area contributed by atoms with Crippen molar-refractivity contribution in [2.75, 3.05) is 25.0 Å². The Hall–Kier alpha value is -2.57. The lowest BCUT2D eigenvalue weighted by atomic mass is 10.2. The zero-order chi connectivity index (χ0) is 19.5. The van der Waals surface area contributed by atoms with Crippen LogP contribution in [0.5, 0.6) is 0 Å². The van der Waals surface area contributed by atoms with Gasteiger partial charge in [-0.05, 0) is 43.9 Å². The highest BCUT2D eigenvalue weighted by Gasteiger charge is 2.28. The van der Waals surface area contributed by atoms with Crippen LogP contribution in [0.1, 0.15) is 45.1 Å². The van der Waals surface area contributed by atoms with E-state index in [2.05, 4.69) is 26.3 Å². The number of rotatable bonds is 10. The molecule has 0 atom stereocenters. The topological polar surface area (TPSA) is 94.6 Å². The van der Waals surface area contributed by atoms with Gasteiger partial charge in [0.2, 0.25) is 11.8 Å². The third-order valence-corrected chi connectivity index (χ3v) is 4.12. The lowest BCUT2D eigenvalue weighted by Crippen LogP contribution is -2.41. The minimum Gasteiger partial charge on any atom is -0.357 e. The van der Waals surface area contributed by atoms with E-state index in [0.29, 0.717) is 32.0 Å². The number of benzene rings is 1. The summed E-state index contributed by atoms with van der Waals surface area (Å²) in [4.78, 5) is 27.9. The Labute approximate surface area is 161 Å². The number of nitrogens with one attached hydrogen (secondary N) is 4. The van der Waals surface area contributed by atoms with E-state index in [1.807, 2.05) is 38.1 Å². The zero-order valence-electron chi connectivity index (χ0n) is 16.3. The zero-order valence-corrected chi connectivity index (χ0v) is 16.3. The van der Waals surface area contributed by atoms with Gasteiger partial charge in [-0.3, -0.25) is 9.59 Å². The summed E-state index contributed by atoms with van der Waals surface area (Å²) in [5.74, 6) is 1.12. The normalized spacial score (nSPS) is 13.8. The first kappa shape index (κ1) is 20.7.